The van der Waals surface area contributed by atoms with Crippen LogP contribution < -0.4 is 10.2 Å². The molecule has 2 amide bonds. The van der Waals surface area contributed by atoms with Crippen molar-refractivity contribution >= 4 is 17.7 Å². The van der Waals surface area contributed by atoms with E-state index >= 15 is 0 Å². The SMILES string of the molecule is O=C(NC1(c2ccc3c(n2)C2CC(C2)N3C(=O)OCc2ccccc2)CC1)c1ccc(F)cc1. The van der Waals surface area contributed by atoms with E-state index in [1.165, 1.54) is 24.3 Å². The number of benzene rings is 2. The minimum Gasteiger partial charge on any atom is -0.444 e. The van der Waals surface area contributed by atoms with Gasteiger partial charge < -0.3 is 10.1 Å². The van der Waals surface area contributed by atoms with Crippen molar-refractivity contribution in [3.05, 3.63) is 95.1 Å². The monoisotopic (exact) mass is 457 g/mol. The Kier molecular flexibility index (Phi) is 4.86. The molecular weight excluding hydrogens is 433 g/mol. The summed E-state index contributed by atoms with van der Waals surface area (Å²) in [5.74, 6) is -0.298. The van der Waals surface area contributed by atoms with Crippen molar-refractivity contribution in [3.63, 3.8) is 0 Å². The van der Waals surface area contributed by atoms with Crippen LogP contribution in [0.15, 0.2) is 66.7 Å². The third kappa shape index (κ3) is 3.61. The maximum absolute atomic E-state index is 13.2. The van der Waals surface area contributed by atoms with Gasteiger partial charge >= 0.3 is 6.09 Å². The van der Waals surface area contributed by atoms with Gasteiger partial charge in [0.05, 0.1) is 22.6 Å². The molecule has 7 rings (SSSR count). The Labute approximate surface area is 196 Å². The van der Waals surface area contributed by atoms with Gasteiger partial charge in [-0.15, -0.1) is 0 Å². The summed E-state index contributed by atoms with van der Waals surface area (Å²) in [5.41, 5.74) is 3.36. The standard InChI is InChI=1S/C27H24FN3O3/c28-20-8-6-18(7-9-20)25(32)30-27(12-13-27)23-11-10-22-24(29-23)19-14-21(15-19)31(22)26(33)34-16-17-4-2-1-3-5-17/h1-11,19,21H,12-16H2,(H,30,32). The summed E-state index contributed by atoms with van der Waals surface area (Å²) < 4.78 is 18.8. The first kappa shape index (κ1) is 20.8. The van der Waals surface area contributed by atoms with Gasteiger partial charge in [-0.2, -0.15) is 0 Å². The Morgan fingerprint density at radius 1 is 1.03 bits per heavy atom. The highest BCUT2D eigenvalue weighted by molar-refractivity contribution is 5.95. The van der Waals surface area contributed by atoms with E-state index in [4.69, 9.17) is 9.72 Å². The van der Waals surface area contributed by atoms with E-state index in [0.717, 1.165) is 48.3 Å². The fraction of sp³-hybridized carbons (Fsp3) is 0.296. The molecule has 2 bridgehead atoms. The van der Waals surface area contributed by atoms with Gasteiger partial charge in [0.1, 0.15) is 12.4 Å². The van der Waals surface area contributed by atoms with Gasteiger partial charge in [0.2, 0.25) is 0 Å². The summed E-state index contributed by atoms with van der Waals surface area (Å²) in [6, 6.07) is 19.1. The van der Waals surface area contributed by atoms with Crippen LogP contribution in [0.4, 0.5) is 14.9 Å². The normalized spacial score (nSPS) is 21.1. The number of pyridine rings is 1. The minimum absolute atomic E-state index is 0.140. The molecule has 172 valence electrons. The van der Waals surface area contributed by atoms with Crippen LogP contribution in [-0.4, -0.2) is 23.0 Å². The molecule has 0 radical (unpaired) electrons. The van der Waals surface area contributed by atoms with Crippen molar-refractivity contribution in [2.24, 2.45) is 0 Å². The van der Waals surface area contributed by atoms with Crippen molar-refractivity contribution in [3.8, 4) is 0 Å². The lowest BCUT2D eigenvalue weighted by Gasteiger charge is -2.48. The van der Waals surface area contributed by atoms with Gasteiger partial charge in [-0.3, -0.25) is 14.7 Å². The number of ether oxygens (including phenoxy) is 1. The molecule has 2 aliphatic heterocycles. The fourth-order valence-corrected chi connectivity index (χ4v) is 4.95. The molecule has 0 atom stereocenters. The van der Waals surface area contributed by atoms with Gasteiger partial charge in [-0.1, -0.05) is 30.3 Å². The average molecular weight is 458 g/mol. The topological polar surface area (TPSA) is 71.5 Å². The molecule has 2 saturated carbocycles. The zero-order valence-electron chi connectivity index (χ0n) is 18.5. The Morgan fingerprint density at radius 2 is 1.76 bits per heavy atom. The lowest BCUT2D eigenvalue weighted by Crippen LogP contribution is -2.52. The smallest absolute Gasteiger partial charge is 0.414 e. The molecule has 4 aliphatic rings. The second-order valence-electron chi connectivity index (χ2n) is 9.38. The van der Waals surface area contributed by atoms with Crippen molar-refractivity contribution in [2.75, 3.05) is 4.90 Å². The molecule has 7 heteroatoms. The molecular formula is C27H24FN3O3. The van der Waals surface area contributed by atoms with Crippen LogP contribution in [0.3, 0.4) is 0 Å². The van der Waals surface area contributed by atoms with E-state index in [1.54, 1.807) is 4.90 Å². The summed E-state index contributed by atoms with van der Waals surface area (Å²) in [6.07, 6.45) is 2.98. The maximum atomic E-state index is 13.2. The summed E-state index contributed by atoms with van der Waals surface area (Å²) in [6.45, 7) is 0.228. The Balaban J connectivity index is 1.21. The number of anilines is 1. The Hall–Kier alpha value is -3.74. The third-order valence-electron chi connectivity index (χ3n) is 7.13. The number of amides is 2. The van der Waals surface area contributed by atoms with Gasteiger partial charge in [-0.25, -0.2) is 9.18 Å². The van der Waals surface area contributed by atoms with Crippen molar-refractivity contribution in [2.45, 2.75) is 49.8 Å². The number of aromatic nitrogens is 1. The van der Waals surface area contributed by atoms with Crippen molar-refractivity contribution in [1.82, 2.24) is 10.3 Å². The zero-order chi connectivity index (χ0) is 23.3. The molecule has 3 heterocycles. The van der Waals surface area contributed by atoms with Crippen molar-refractivity contribution in [1.29, 1.82) is 0 Å². The largest absolute Gasteiger partial charge is 0.444 e. The van der Waals surface area contributed by atoms with Crippen LogP contribution in [0, 0.1) is 5.82 Å². The van der Waals surface area contributed by atoms with E-state index in [0.29, 0.717) is 11.5 Å². The van der Waals surface area contributed by atoms with Gasteiger partial charge in [0.15, 0.2) is 0 Å². The predicted octanol–water partition coefficient (Wildman–Crippen LogP) is 5.04. The quantitative estimate of drug-likeness (QED) is 0.583. The number of rotatable bonds is 5. The number of hydrogen-bond acceptors (Lipinski definition) is 4. The van der Waals surface area contributed by atoms with Crippen molar-refractivity contribution < 1.29 is 18.7 Å². The number of halogens is 1. The van der Waals surface area contributed by atoms with Gasteiger partial charge in [-0.05, 0) is 67.6 Å². The summed E-state index contributed by atoms with van der Waals surface area (Å²) in [4.78, 5) is 32.4. The summed E-state index contributed by atoms with van der Waals surface area (Å²) in [5, 5.41) is 3.10. The van der Waals surface area contributed by atoms with Gasteiger partial charge in [0.25, 0.3) is 5.91 Å². The second kappa shape index (κ2) is 7.94. The van der Waals surface area contributed by atoms with Crippen LogP contribution in [0.25, 0.3) is 0 Å². The number of nitrogens with zero attached hydrogens (tertiary/aromatic N) is 2. The van der Waals surface area contributed by atoms with Crippen LogP contribution in [0.1, 0.15) is 58.9 Å². The van der Waals surface area contributed by atoms with Crippen LogP contribution >= 0.6 is 0 Å². The summed E-state index contributed by atoms with van der Waals surface area (Å²) in [7, 11) is 0. The van der Waals surface area contributed by atoms with Crippen LogP contribution in [-0.2, 0) is 16.9 Å². The minimum atomic E-state index is -0.514. The molecule has 0 unspecified atom stereocenters. The average Bonchev–Trinajstić information content (AvgIpc) is 3.62. The molecule has 6 nitrogen and oxygen atoms in total. The molecule has 0 spiro atoms. The Bertz CT molecular complexity index is 1250. The highest BCUT2D eigenvalue weighted by atomic mass is 19.1. The molecule has 1 N–H and O–H groups in total. The first-order valence-corrected chi connectivity index (χ1v) is 11.6. The third-order valence-corrected chi connectivity index (χ3v) is 7.13. The molecule has 2 aromatic carbocycles. The molecule has 2 fully saturated rings. The fourth-order valence-electron chi connectivity index (χ4n) is 4.95. The van der Waals surface area contributed by atoms with E-state index < -0.39 is 5.54 Å². The number of hydrogen-bond donors (Lipinski definition) is 1. The van der Waals surface area contributed by atoms with Crippen LogP contribution in [0.5, 0.6) is 0 Å². The van der Waals surface area contributed by atoms with E-state index in [9.17, 15) is 14.0 Å². The zero-order valence-corrected chi connectivity index (χ0v) is 18.5. The van der Waals surface area contributed by atoms with Crippen LogP contribution in [0.2, 0.25) is 0 Å². The van der Waals surface area contributed by atoms with E-state index in [2.05, 4.69) is 5.32 Å². The molecule has 3 aromatic rings. The molecule has 2 aliphatic carbocycles. The Morgan fingerprint density at radius 3 is 2.47 bits per heavy atom. The molecule has 1 aromatic heterocycles. The lowest BCUT2D eigenvalue weighted by atomic mass is 9.72. The first-order chi connectivity index (χ1) is 16.5. The lowest BCUT2D eigenvalue weighted by molar-refractivity contribution is 0.0929. The highest BCUT2D eigenvalue weighted by Crippen LogP contribution is 2.52. The second-order valence-corrected chi connectivity index (χ2v) is 9.38. The molecule has 34 heavy (non-hydrogen) atoms. The first-order valence-electron chi connectivity index (χ1n) is 11.6. The van der Waals surface area contributed by atoms with E-state index in [1.807, 2.05) is 42.5 Å². The predicted molar refractivity (Wildman–Crippen MR) is 124 cm³/mol. The summed E-state index contributed by atoms with van der Waals surface area (Å²) >= 11 is 0. The number of carbonyl (C=O) groups is 2. The molecule has 0 saturated heterocycles. The highest BCUT2D eigenvalue weighted by Gasteiger charge is 2.50. The number of nitrogens with one attached hydrogen (secondary N) is 1. The number of carbonyl (C=O) groups excluding carboxylic acids is 2. The van der Waals surface area contributed by atoms with Gasteiger partial charge in [0, 0.05) is 17.5 Å². The maximum Gasteiger partial charge on any atom is 0.414 e. The van der Waals surface area contributed by atoms with E-state index in [-0.39, 0.29) is 30.5 Å².